The van der Waals surface area contributed by atoms with Crippen molar-refractivity contribution < 1.29 is 5.11 Å². The average molecular weight is 233 g/mol. The zero-order valence-corrected chi connectivity index (χ0v) is 9.86. The minimum Gasteiger partial charge on any atom is -0.392 e. The fourth-order valence-corrected chi connectivity index (χ4v) is 2.05. The van der Waals surface area contributed by atoms with E-state index in [1.165, 1.54) is 0 Å². The van der Waals surface area contributed by atoms with E-state index >= 15 is 0 Å². The summed E-state index contributed by atoms with van der Waals surface area (Å²) in [6.07, 6.45) is 0.729. The van der Waals surface area contributed by atoms with Gasteiger partial charge < -0.3 is 16.6 Å². The van der Waals surface area contributed by atoms with Crippen molar-refractivity contribution in [1.82, 2.24) is 15.0 Å². The van der Waals surface area contributed by atoms with Gasteiger partial charge in [0, 0.05) is 11.3 Å². The van der Waals surface area contributed by atoms with Gasteiger partial charge in [0.2, 0.25) is 5.95 Å². The van der Waals surface area contributed by atoms with Crippen molar-refractivity contribution in [3.63, 3.8) is 0 Å². The maximum absolute atomic E-state index is 9.39. The van der Waals surface area contributed by atoms with E-state index in [2.05, 4.69) is 15.0 Å². The first-order valence-corrected chi connectivity index (χ1v) is 5.40. The molecular weight excluding hydrogens is 218 g/mol. The molecule has 0 bridgehead atoms. The first-order chi connectivity index (χ1) is 8.08. The minimum absolute atomic E-state index is 0.0677. The molecule has 2 heterocycles. The molecule has 6 heteroatoms. The fourth-order valence-electron chi connectivity index (χ4n) is 2.05. The molecule has 0 fully saturated rings. The molecule has 17 heavy (non-hydrogen) atoms. The van der Waals surface area contributed by atoms with Gasteiger partial charge in [0.05, 0.1) is 12.0 Å². The second-order valence-electron chi connectivity index (χ2n) is 3.83. The SMILES string of the molecule is CCc1c(CO)c(C)nc2nc(N)nc(N)c12. The van der Waals surface area contributed by atoms with Crippen molar-refractivity contribution in [3.05, 3.63) is 16.8 Å². The molecular formula is C11H15N5O. The Balaban J connectivity index is 2.94. The molecule has 0 amide bonds. The van der Waals surface area contributed by atoms with Crippen molar-refractivity contribution >= 4 is 22.8 Å². The maximum Gasteiger partial charge on any atom is 0.224 e. The van der Waals surface area contributed by atoms with E-state index in [1.54, 1.807) is 0 Å². The zero-order chi connectivity index (χ0) is 12.6. The van der Waals surface area contributed by atoms with Crippen LogP contribution >= 0.6 is 0 Å². The highest BCUT2D eigenvalue weighted by molar-refractivity contribution is 5.90. The van der Waals surface area contributed by atoms with E-state index in [9.17, 15) is 5.11 Å². The largest absolute Gasteiger partial charge is 0.392 e. The quantitative estimate of drug-likeness (QED) is 0.698. The van der Waals surface area contributed by atoms with Crippen LogP contribution in [0.25, 0.3) is 11.0 Å². The van der Waals surface area contributed by atoms with Gasteiger partial charge in [0.25, 0.3) is 0 Å². The highest BCUT2D eigenvalue weighted by Gasteiger charge is 2.15. The molecule has 0 aliphatic carbocycles. The second-order valence-corrected chi connectivity index (χ2v) is 3.83. The summed E-state index contributed by atoms with van der Waals surface area (Å²) in [5, 5.41) is 10.1. The number of nitrogen functional groups attached to an aromatic ring is 2. The van der Waals surface area contributed by atoms with Gasteiger partial charge in [0.1, 0.15) is 5.82 Å². The standard InChI is InChI=1S/C11H15N5O/c1-3-6-7(4-17)5(2)14-10-8(6)9(12)15-11(13)16-10/h17H,3-4H2,1-2H3,(H4,12,13,14,15,16). The second kappa shape index (κ2) is 4.14. The smallest absolute Gasteiger partial charge is 0.224 e. The molecule has 0 aliphatic heterocycles. The Bertz CT molecular complexity index is 582. The van der Waals surface area contributed by atoms with Crippen LogP contribution in [0.3, 0.4) is 0 Å². The lowest BCUT2D eigenvalue weighted by molar-refractivity contribution is 0.279. The van der Waals surface area contributed by atoms with Gasteiger partial charge in [-0.2, -0.15) is 9.97 Å². The van der Waals surface area contributed by atoms with Crippen LogP contribution < -0.4 is 11.5 Å². The summed E-state index contributed by atoms with van der Waals surface area (Å²) in [5.41, 5.74) is 14.4. The fraction of sp³-hybridized carbons (Fsp3) is 0.364. The van der Waals surface area contributed by atoms with Gasteiger partial charge in [-0.15, -0.1) is 0 Å². The van der Waals surface area contributed by atoms with Crippen LogP contribution in [0.4, 0.5) is 11.8 Å². The third-order valence-corrected chi connectivity index (χ3v) is 2.82. The Kier molecular flexibility index (Phi) is 2.81. The number of nitrogens with zero attached hydrogens (tertiary/aromatic N) is 3. The lowest BCUT2D eigenvalue weighted by atomic mass is 10.0. The van der Waals surface area contributed by atoms with E-state index in [0.717, 1.165) is 23.2 Å². The van der Waals surface area contributed by atoms with Crippen LogP contribution in [0.5, 0.6) is 0 Å². The van der Waals surface area contributed by atoms with Gasteiger partial charge in [-0.05, 0) is 18.9 Å². The van der Waals surface area contributed by atoms with Gasteiger partial charge in [-0.3, -0.25) is 0 Å². The molecule has 2 aromatic rings. The molecule has 0 saturated carbocycles. The summed E-state index contributed by atoms with van der Waals surface area (Å²) in [4.78, 5) is 12.3. The first kappa shape index (κ1) is 11.5. The van der Waals surface area contributed by atoms with Crippen molar-refractivity contribution in [3.8, 4) is 0 Å². The lowest BCUT2D eigenvalue weighted by Crippen LogP contribution is -2.07. The normalized spacial score (nSPS) is 11.0. The molecule has 6 nitrogen and oxygen atoms in total. The van der Waals surface area contributed by atoms with Crippen LogP contribution in [-0.4, -0.2) is 20.1 Å². The van der Waals surface area contributed by atoms with E-state index in [0.29, 0.717) is 16.9 Å². The van der Waals surface area contributed by atoms with Gasteiger partial charge in [0.15, 0.2) is 5.65 Å². The van der Waals surface area contributed by atoms with Crippen molar-refractivity contribution in [2.45, 2.75) is 26.9 Å². The van der Waals surface area contributed by atoms with E-state index < -0.39 is 0 Å². The maximum atomic E-state index is 9.39. The Hall–Kier alpha value is -1.95. The van der Waals surface area contributed by atoms with Gasteiger partial charge in [-0.1, -0.05) is 6.92 Å². The Morgan fingerprint density at radius 3 is 2.41 bits per heavy atom. The first-order valence-electron chi connectivity index (χ1n) is 5.40. The summed E-state index contributed by atoms with van der Waals surface area (Å²) in [7, 11) is 0. The molecule has 0 aliphatic rings. The minimum atomic E-state index is -0.0677. The number of rotatable bonds is 2. The molecule has 5 N–H and O–H groups in total. The average Bonchev–Trinajstić information content (AvgIpc) is 2.26. The molecule has 2 aromatic heterocycles. The van der Waals surface area contributed by atoms with Crippen LogP contribution in [0.15, 0.2) is 0 Å². The number of pyridine rings is 1. The highest BCUT2D eigenvalue weighted by atomic mass is 16.3. The van der Waals surface area contributed by atoms with E-state index in [1.807, 2.05) is 13.8 Å². The molecule has 0 radical (unpaired) electrons. The molecule has 90 valence electrons. The number of aliphatic hydroxyl groups excluding tert-OH is 1. The lowest BCUT2D eigenvalue weighted by Gasteiger charge is -2.13. The van der Waals surface area contributed by atoms with Crippen molar-refractivity contribution in [2.75, 3.05) is 11.5 Å². The number of hydrogen-bond donors (Lipinski definition) is 3. The van der Waals surface area contributed by atoms with Crippen LogP contribution in [0.2, 0.25) is 0 Å². The number of fused-ring (bicyclic) bond motifs is 1. The van der Waals surface area contributed by atoms with Crippen LogP contribution in [0, 0.1) is 6.92 Å². The Morgan fingerprint density at radius 2 is 1.82 bits per heavy atom. The third kappa shape index (κ3) is 1.76. The molecule has 2 rings (SSSR count). The summed E-state index contributed by atoms with van der Waals surface area (Å²) in [5.74, 6) is 0.423. The molecule has 0 aromatic carbocycles. The van der Waals surface area contributed by atoms with Gasteiger partial charge >= 0.3 is 0 Å². The number of hydrogen-bond acceptors (Lipinski definition) is 6. The molecule has 0 atom stereocenters. The number of aryl methyl sites for hydroxylation is 2. The molecule has 0 spiro atoms. The number of anilines is 2. The van der Waals surface area contributed by atoms with Gasteiger partial charge in [-0.25, -0.2) is 4.98 Å². The van der Waals surface area contributed by atoms with Crippen molar-refractivity contribution in [2.24, 2.45) is 0 Å². The van der Waals surface area contributed by atoms with Crippen LogP contribution in [-0.2, 0) is 13.0 Å². The number of aromatic nitrogens is 3. The highest BCUT2D eigenvalue weighted by Crippen LogP contribution is 2.27. The van der Waals surface area contributed by atoms with E-state index in [-0.39, 0.29) is 12.6 Å². The third-order valence-electron chi connectivity index (χ3n) is 2.82. The Labute approximate surface area is 98.7 Å². The van der Waals surface area contributed by atoms with E-state index in [4.69, 9.17) is 11.5 Å². The summed E-state index contributed by atoms with van der Waals surface area (Å²) in [6, 6.07) is 0. The monoisotopic (exact) mass is 233 g/mol. The number of nitrogens with two attached hydrogens (primary N) is 2. The summed E-state index contributed by atoms with van der Waals surface area (Å²) >= 11 is 0. The topological polar surface area (TPSA) is 111 Å². The number of aliphatic hydroxyl groups is 1. The predicted molar refractivity (Wildman–Crippen MR) is 66.2 cm³/mol. The molecule has 0 unspecified atom stereocenters. The summed E-state index contributed by atoms with van der Waals surface area (Å²) in [6.45, 7) is 3.75. The zero-order valence-electron chi connectivity index (χ0n) is 9.86. The van der Waals surface area contributed by atoms with Crippen LogP contribution in [0.1, 0.15) is 23.7 Å². The predicted octanol–water partition coefficient (Wildman–Crippen LogP) is 0.552. The molecule has 0 saturated heterocycles. The van der Waals surface area contributed by atoms with Crippen molar-refractivity contribution in [1.29, 1.82) is 0 Å². The summed E-state index contributed by atoms with van der Waals surface area (Å²) < 4.78 is 0. The Morgan fingerprint density at radius 1 is 1.12 bits per heavy atom.